The van der Waals surface area contributed by atoms with Crippen LogP contribution in [0.15, 0.2) is 42.5 Å². The number of halogens is 2. The van der Waals surface area contributed by atoms with Gasteiger partial charge in [-0.05, 0) is 55.0 Å². The molecule has 2 rings (SSSR count). The standard InChI is InChI=1S/C17H16Cl2N2O2S/c1-2-23-16(22)9-11-3-5-12(6-4-11)20-17(24)21-13-7-8-14(18)15(19)10-13/h3-8,10H,2,9H2,1H3,(H2,20,21,24). The number of ether oxygens (including phenoxy) is 1. The van der Waals surface area contributed by atoms with Crippen molar-refractivity contribution in [2.24, 2.45) is 0 Å². The molecule has 126 valence electrons. The van der Waals surface area contributed by atoms with Crippen molar-refractivity contribution in [3.63, 3.8) is 0 Å². The van der Waals surface area contributed by atoms with Gasteiger partial charge in [-0.15, -0.1) is 0 Å². The molecule has 0 unspecified atom stereocenters. The second-order valence-electron chi connectivity index (χ2n) is 4.89. The average molecular weight is 383 g/mol. The zero-order valence-corrected chi connectivity index (χ0v) is 15.3. The van der Waals surface area contributed by atoms with Crippen molar-refractivity contribution < 1.29 is 9.53 Å². The van der Waals surface area contributed by atoms with Gasteiger partial charge in [-0.3, -0.25) is 4.79 Å². The van der Waals surface area contributed by atoms with Crippen molar-refractivity contribution in [1.29, 1.82) is 0 Å². The van der Waals surface area contributed by atoms with E-state index >= 15 is 0 Å². The fraction of sp³-hybridized carbons (Fsp3) is 0.176. The van der Waals surface area contributed by atoms with Crippen molar-refractivity contribution in [3.05, 3.63) is 58.1 Å². The number of carbonyl (C=O) groups is 1. The summed E-state index contributed by atoms with van der Waals surface area (Å²) < 4.78 is 4.92. The lowest BCUT2D eigenvalue weighted by Crippen LogP contribution is -2.19. The number of hydrogen-bond acceptors (Lipinski definition) is 3. The number of hydrogen-bond donors (Lipinski definition) is 2. The minimum Gasteiger partial charge on any atom is -0.466 e. The maximum Gasteiger partial charge on any atom is 0.310 e. The largest absolute Gasteiger partial charge is 0.466 e. The van der Waals surface area contributed by atoms with Crippen molar-refractivity contribution in [1.82, 2.24) is 0 Å². The van der Waals surface area contributed by atoms with Gasteiger partial charge in [0, 0.05) is 11.4 Å². The number of esters is 1. The van der Waals surface area contributed by atoms with E-state index in [0.29, 0.717) is 21.8 Å². The predicted molar refractivity (Wildman–Crippen MR) is 103 cm³/mol. The first-order valence-corrected chi connectivity index (χ1v) is 8.42. The monoisotopic (exact) mass is 382 g/mol. The van der Waals surface area contributed by atoms with E-state index < -0.39 is 0 Å². The number of nitrogens with one attached hydrogen (secondary N) is 2. The molecule has 0 bridgehead atoms. The van der Waals surface area contributed by atoms with Gasteiger partial charge in [-0.1, -0.05) is 35.3 Å². The topological polar surface area (TPSA) is 50.4 Å². The van der Waals surface area contributed by atoms with Crippen LogP contribution in [0.3, 0.4) is 0 Å². The Morgan fingerprint density at radius 1 is 1.04 bits per heavy atom. The number of benzene rings is 2. The average Bonchev–Trinajstić information content (AvgIpc) is 2.53. The predicted octanol–water partition coefficient (Wildman–Crippen LogP) is 4.91. The molecule has 0 atom stereocenters. The summed E-state index contributed by atoms with van der Waals surface area (Å²) >= 11 is 17.1. The summed E-state index contributed by atoms with van der Waals surface area (Å²) in [5.74, 6) is -0.241. The Bertz CT molecular complexity index is 736. The molecule has 0 aromatic heterocycles. The molecule has 4 nitrogen and oxygen atoms in total. The lowest BCUT2D eigenvalue weighted by Gasteiger charge is -2.11. The molecule has 0 spiro atoms. The van der Waals surface area contributed by atoms with Gasteiger partial charge in [0.1, 0.15) is 0 Å². The Kier molecular flexibility index (Phi) is 6.85. The highest BCUT2D eigenvalue weighted by Gasteiger charge is 2.05. The molecule has 0 amide bonds. The highest BCUT2D eigenvalue weighted by atomic mass is 35.5. The first-order valence-electron chi connectivity index (χ1n) is 7.25. The summed E-state index contributed by atoms with van der Waals surface area (Å²) in [5, 5.41) is 7.44. The van der Waals surface area contributed by atoms with Crippen LogP contribution in [-0.2, 0) is 16.0 Å². The third-order valence-corrected chi connectivity index (χ3v) is 3.99. The van der Waals surface area contributed by atoms with Crippen LogP contribution in [0.25, 0.3) is 0 Å². The summed E-state index contributed by atoms with van der Waals surface area (Å²) in [7, 11) is 0. The summed E-state index contributed by atoms with van der Waals surface area (Å²) in [6, 6.07) is 12.6. The van der Waals surface area contributed by atoms with E-state index in [1.807, 2.05) is 24.3 Å². The molecule has 7 heteroatoms. The first-order chi connectivity index (χ1) is 11.5. The number of thiocarbonyl (C=S) groups is 1. The second kappa shape index (κ2) is 8.87. The van der Waals surface area contributed by atoms with Gasteiger partial charge in [0.25, 0.3) is 0 Å². The summed E-state index contributed by atoms with van der Waals surface area (Å²) in [4.78, 5) is 11.4. The SMILES string of the molecule is CCOC(=O)Cc1ccc(NC(=S)Nc2ccc(Cl)c(Cl)c2)cc1. The van der Waals surface area contributed by atoms with Gasteiger partial charge in [0.05, 0.1) is 23.1 Å². The number of anilines is 2. The maximum atomic E-state index is 11.4. The van der Waals surface area contributed by atoms with E-state index in [0.717, 1.165) is 16.9 Å². The normalized spacial score (nSPS) is 10.1. The van der Waals surface area contributed by atoms with E-state index in [1.54, 1.807) is 25.1 Å². The van der Waals surface area contributed by atoms with Crippen LogP contribution in [0, 0.1) is 0 Å². The maximum absolute atomic E-state index is 11.4. The highest BCUT2D eigenvalue weighted by molar-refractivity contribution is 7.80. The molecule has 0 radical (unpaired) electrons. The molecular weight excluding hydrogens is 367 g/mol. The van der Waals surface area contributed by atoms with Gasteiger partial charge < -0.3 is 15.4 Å². The summed E-state index contributed by atoms with van der Waals surface area (Å²) in [5.41, 5.74) is 2.42. The lowest BCUT2D eigenvalue weighted by molar-refractivity contribution is -0.142. The number of carbonyl (C=O) groups excluding carboxylic acids is 1. The fourth-order valence-electron chi connectivity index (χ4n) is 1.95. The molecule has 0 heterocycles. The zero-order chi connectivity index (χ0) is 17.5. The minimum atomic E-state index is -0.241. The molecule has 0 saturated carbocycles. The smallest absolute Gasteiger partial charge is 0.310 e. The Labute approximate surface area is 156 Å². The Hall–Kier alpha value is -1.82. The molecule has 2 N–H and O–H groups in total. The van der Waals surface area contributed by atoms with Crippen LogP contribution >= 0.6 is 35.4 Å². The summed E-state index contributed by atoms with van der Waals surface area (Å²) in [6.07, 6.45) is 0.250. The van der Waals surface area contributed by atoms with Crippen LogP contribution in [0.1, 0.15) is 12.5 Å². The summed E-state index contributed by atoms with van der Waals surface area (Å²) in [6.45, 7) is 2.17. The molecular formula is C17H16Cl2N2O2S. The van der Waals surface area contributed by atoms with Crippen LogP contribution < -0.4 is 10.6 Å². The Morgan fingerprint density at radius 3 is 2.29 bits per heavy atom. The van der Waals surface area contributed by atoms with Crippen LogP contribution in [0.4, 0.5) is 11.4 Å². The van der Waals surface area contributed by atoms with Crippen molar-refractivity contribution in [3.8, 4) is 0 Å². The van der Waals surface area contributed by atoms with Crippen molar-refractivity contribution >= 4 is 57.9 Å². The minimum absolute atomic E-state index is 0.241. The molecule has 0 aliphatic carbocycles. The van der Waals surface area contributed by atoms with E-state index in [2.05, 4.69) is 10.6 Å². The van der Waals surface area contributed by atoms with Crippen molar-refractivity contribution in [2.75, 3.05) is 17.2 Å². The van der Waals surface area contributed by atoms with Gasteiger partial charge in [0.2, 0.25) is 0 Å². The fourth-order valence-corrected chi connectivity index (χ4v) is 2.49. The molecule has 0 fully saturated rings. The molecule has 0 aliphatic heterocycles. The van der Waals surface area contributed by atoms with E-state index in [1.165, 1.54) is 0 Å². The van der Waals surface area contributed by atoms with E-state index in [4.69, 9.17) is 40.2 Å². The zero-order valence-electron chi connectivity index (χ0n) is 12.9. The van der Waals surface area contributed by atoms with Crippen LogP contribution in [0.5, 0.6) is 0 Å². The lowest BCUT2D eigenvalue weighted by atomic mass is 10.1. The van der Waals surface area contributed by atoms with E-state index in [9.17, 15) is 4.79 Å². The third kappa shape index (κ3) is 5.67. The number of rotatable bonds is 5. The third-order valence-electron chi connectivity index (χ3n) is 3.04. The van der Waals surface area contributed by atoms with Gasteiger partial charge in [0.15, 0.2) is 5.11 Å². The molecule has 0 aliphatic rings. The second-order valence-corrected chi connectivity index (χ2v) is 6.11. The highest BCUT2D eigenvalue weighted by Crippen LogP contribution is 2.25. The van der Waals surface area contributed by atoms with Crippen LogP contribution in [0.2, 0.25) is 10.0 Å². The van der Waals surface area contributed by atoms with Gasteiger partial charge in [-0.2, -0.15) is 0 Å². The quantitative estimate of drug-likeness (QED) is 0.568. The van der Waals surface area contributed by atoms with Gasteiger partial charge in [-0.25, -0.2) is 0 Å². The first kappa shape index (κ1) is 18.5. The van der Waals surface area contributed by atoms with E-state index in [-0.39, 0.29) is 12.4 Å². The van der Waals surface area contributed by atoms with Gasteiger partial charge >= 0.3 is 5.97 Å². The Balaban J connectivity index is 1.91. The van der Waals surface area contributed by atoms with Crippen molar-refractivity contribution in [2.45, 2.75) is 13.3 Å². The molecule has 0 saturated heterocycles. The van der Waals surface area contributed by atoms with Crippen LogP contribution in [-0.4, -0.2) is 17.7 Å². The molecule has 2 aromatic carbocycles. The molecule has 2 aromatic rings. The Morgan fingerprint density at radius 2 is 1.67 bits per heavy atom. The molecule has 24 heavy (non-hydrogen) atoms.